The molecule has 0 atom stereocenters. The number of hydrogen-bond donors (Lipinski definition) is 3. The molecule has 0 saturated carbocycles. The number of amides is 1. The Morgan fingerprint density at radius 1 is 0.718 bits per heavy atom. The van der Waals surface area contributed by atoms with Crippen molar-refractivity contribution in [2.24, 2.45) is 9.98 Å². The Hall–Kier alpha value is -6.06. The number of aliphatic imine (C=N–C) groups is 2. The highest BCUT2D eigenvalue weighted by molar-refractivity contribution is 7.88. The summed E-state index contributed by atoms with van der Waals surface area (Å²) in [4.78, 5) is 53.0. The predicted molar refractivity (Wildman–Crippen MR) is 323 cm³/mol. The molecule has 0 unspecified atom stereocenters. The van der Waals surface area contributed by atoms with Gasteiger partial charge in [-0.2, -0.15) is 0 Å². The highest BCUT2D eigenvalue weighted by Gasteiger charge is 2.27. The molecule has 0 aromatic heterocycles. The Balaban J connectivity index is 1.68. The molecule has 4 aromatic rings. The van der Waals surface area contributed by atoms with Crippen LogP contribution < -0.4 is 29.7 Å². The van der Waals surface area contributed by atoms with Crippen LogP contribution in [0.3, 0.4) is 0 Å². The summed E-state index contributed by atoms with van der Waals surface area (Å²) in [7, 11) is -1.89. The van der Waals surface area contributed by atoms with Crippen LogP contribution in [0.5, 0.6) is 11.5 Å². The van der Waals surface area contributed by atoms with Gasteiger partial charge >= 0.3 is 5.97 Å². The minimum Gasteiger partial charge on any atom is -0.495 e. The lowest BCUT2D eigenvalue weighted by Gasteiger charge is -2.30. The number of aryl methyl sites for hydroxylation is 1. The number of rotatable bonds is 36. The third kappa shape index (κ3) is 21.0. The van der Waals surface area contributed by atoms with E-state index < -0.39 is 21.9 Å². The first-order valence-corrected chi connectivity index (χ1v) is 30.4. The number of hydrogen-bond acceptors (Lipinski definition) is 11. The second-order valence-corrected chi connectivity index (χ2v) is 23.4. The van der Waals surface area contributed by atoms with E-state index in [0.29, 0.717) is 48.8 Å². The minimum absolute atomic E-state index is 0.00421. The van der Waals surface area contributed by atoms with Crippen molar-refractivity contribution in [3.8, 4) is 11.5 Å². The number of nitrogens with one attached hydrogen (secondary N) is 3. The number of esters is 1. The first kappa shape index (κ1) is 64.5. The number of carbonyl (C=O) groups excluding carboxylic acids is 3. The van der Waals surface area contributed by atoms with Gasteiger partial charge in [-0.1, -0.05) is 143 Å². The number of methoxy groups -OCH3 is 1. The van der Waals surface area contributed by atoms with Crippen LogP contribution >= 0.6 is 0 Å². The maximum absolute atomic E-state index is 15.1. The summed E-state index contributed by atoms with van der Waals surface area (Å²) in [6.07, 6.45) is 18.7. The van der Waals surface area contributed by atoms with Gasteiger partial charge in [-0.25, -0.2) is 22.9 Å². The number of ether oxygens (including phenoxy) is 3. The smallest absolute Gasteiger partial charge is 0.338 e. The summed E-state index contributed by atoms with van der Waals surface area (Å²) in [5, 5.41) is 6.25. The molecule has 0 heterocycles. The molecule has 428 valence electrons. The summed E-state index contributed by atoms with van der Waals surface area (Å²) < 4.78 is 44.2. The van der Waals surface area contributed by atoms with Crippen LogP contribution in [0.4, 0.5) is 22.7 Å². The molecular weight excluding hydrogens is 1000 g/mol. The minimum atomic E-state index is -3.37. The molecule has 0 bridgehead atoms. The molecular formula is C63H92N6O8S. The average Bonchev–Trinajstić information content (AvgIpc) is 3.44. The molecule has 3 N–H and O–H groups in total. The fourth-order valence-electron chi connectivity index (χ4n) is 8.89. The maximum Gasteiger partial charge on any atom is 0.338 e. The average molecular weight is 1090 g/mol. The number of nitrogens with zero attached hydrogens (tertiary/aromatic N) is 3. The van der Waals surface area contributed by atoms with Crippen LogP contribution in [-0.4, -0.2) is 90.9 Å². The van der Waals surface area contributed by atoms with E-state index in [2.05, 4.69) is 82.0 Å². The van der Waals surface area contributed by atoms with Crippen LogP contribution in [-0.2, 0) is 30.4 Å². The zero-order valence-corrected chi connectivity index (χ0v) is 49.8. The van der Waals surface area contributed by atoms with Gasteiger partial charge in [0.1, 0.15) is 11.5 Å². The van der Waals surface area contributed by atoms with Crippen molar-refractivity contribution in [1.29, 1.82) is 0 Å². The first-order chi connectivity index (χ1) is 37.3. The molecule has 0 fully saturated rings. The molecule has 0 radical (unpaired) electrons. The topological polar surface area (TPSA) is 177 Å². The molecule has 15 heteroatoms. The molecule has 0 spiro atoms. The van der Waals surface area contributed by atoms with Crippen LogP contribution in [0, 0.1) is 6.92 Å². The first-order valence-electron chi connectivity index (χ1n) is 28.5. The maximum atomic E-state index is 15.1. The number of carbonyl (C=O) groups is 3. The SMILES string of the molecule is CCCCCCCCCCCCCCOC(=O)c1ccc(OC)c(NC(=O)C(=Nc2ccc(N(CC)CCNS(C)(=O)=O)cc2C)C(=NCCCOc2ccc(C(C)(C)CC)cc2C(C)(C)CC)Nc2ccccc2C=O)c1. The molecule has 14 nitrogen and oxygen atoms in total. The molecule has 78 heavy (non-hydrogen) atoms. The third-order valence-electron chi connectivity index (χ3n) is 14.7. The van der Waals surface area contributed by atoms with E-state index in [9.17, 15) is 18.0 Å². The molecule has 4 rings (SSSR count). The summed E-state index contributed by atoms with van der Waals surface area (Å²) in [5.41, 5.74) is 5.39. The van der Waals surface area contributed by atoms with Gasteiger partial charge in [0.25, 0.3) is 5.91 Å². The van der Waals surface area contributed by atoms with Crippen molar-refractivity contribution in [2.75, 3.05) is 68.3 Å². The standard InChI is InChI=1S/C63H92N6O8S/c1-12-16-17-18-19-20-21-22-23-24-25-28-41-77-61(72)48-32-36-57(75-10)55(44-48)68-60(71)58(66-53-35-34-51(43-47(53)5)69(15-4)40-39-65-78(11,73)74)59(67-54-31-27-26-30-49(54)46-70)64-38-29-42-76-56-37-33-50(62(6,7)13-2)45-52(56)63(8,9)14-3/h26-27,30-37,43-46,65H,12-25,28-29,38-42H2,1-11H3,(H,64,67)(H,68,71). The van der Waals surface area contributed by atoms with Gasteiger partial charge in [0, 0.05) is 49.4 Å². The van der Waals surface area contributed by atoms with E-state index in [4.69, 9.17) is 24.2 Å². The van der Waals surface area contributed by atoms with E-state index in [1.54, 1.807) is 42.5 Å². The monoisotopic (exact) mass is 1090 g/mol. The van der Waals surface area contributed by atoms with Crippen molar-refractivity contribution in [1.82, 2.24) is 4.72 Å². The number of anilines is 3. The van der Waals surface area contributed by atoms with Gasteiger partial charge in [-0.05, 0) is 110 Å². The van der Waals surface area contributed by atoms with Crippen molar-refractivity contribution in [3.05, 3.63) is 107 Å². The number of para-hydroxylation sites is 1. The number of likely N-dealkylation sites (N-methyl/N-ethyl adjacent to an activating group) is 1. The Morgan fingerprint density at radius 2 is 1.37 bits per heavy atom. The fraction of sp³-hybridized carbons (Fsp3) is 0.540. The zero-order valence-electron chi connectivity index (χ0n) is 48.9. The van der Waals surface area contributed by atoms with Gasteiger partial charge < -0.3 is 29.7 Å². The van der Waals surface area contributed by atoms with Crippen LogP contribution in [0.25, 0.3) is 0 Å². The number of sulfonamides is 1. The van der Waals surface area contributed by atoms with Crippen LogP contribution in [0.1, 0.15) is 189 Å². The van der Waals surface area contributed by atoms with E-state index in [1.165, 1.54) is 76.5 Å². The fourth-order valence-corrected chi connectivity index (χ4v) is 9.35. The highest BCUT2D eigenvalue weighted by atomic mass is 32.2. The number of aldehydes is 1. The van der Waals surface area contributed by atoms with Gasteiger partial charge in [-0.3, -0.25) is 14.6 Å². The van der Waals surface area contributed by atoms with Gasteiger partial charge in [-0.15, -0.1) is 0 Å². The van der Waals surface area contributed by atoms with E-state index in [1.807, 2.05) is 30.9 Å². The second kappa shape index (κ2) is 32.7. The van der Waals surface area contributed by atoms with E-state index in [-0.39, 0.29) is 53.3 Å². The normalized spacial score (nSPS) is 12.3. The van der Waals surface area contributed by atoms with Gasteiger partial charge in [0.15, 0.2) is 17.8 Å². The summed E-state index contributed by atoms with van der Waals surface area (Å²) in [6.45, 7) is 21.5. The highest BCUT2D eigenvalue weighted by Crippen LogP contribution is 2.39. The van der Waals surface area contributed by atoms with E-state index in [0.717, 1.165) is 67.2 Å². The lowest BCUT2D eigenvalue weighted by atomic mass is 9.76. The lowest BCUT2D eigenvalue weighted by molar-refractivity contribution is -0.110. The predicted octanol–water partition coefficient (Wildman–Crippen LogP) is 14.1. The van der Waals surface area contributed by atoms with Crippen LogP contribution in [0.2, 0.25) is 0 Å². The third-order valence-corrected chi connectivity index (χ3v) is 15.4. The lowest BCUT2D eigenvalue weighted by Crippen LogP contribution is -2.35. The van der Waals surface area contributed by atoms with Gasteiger partial charge in [0.2, 0.25) is 10.0 Å². The quantitative estimate of drug-likeness (QED) is 0.0131. The number of amidine groups is 1. The van der Waals surface area contributed by atoms with Crippen molar-refractivity contribution < 1.29 is 37.0 Å². The largest absolute Gasteiger partial charge is 0.495 e. The molecule has 0 aliphatic carbocycles. The molecule has 0 aliphatic heterocycles. The summed E-state index contributed by atoms with van der Waals surface area (Å²) >= 11 is 0. The molecule has 4 aromatic carbocycles. The van der Waals surface area contributed by atoms with Crippen molar-refractivity contribution >= 4 is 62.5 Å². The molecule has 1 amide bonds. The number of unbranched alkanes of at least 4 members (excludes halogenated alkanes) is 11. The van der Waals surface area contributed by atoms with Gasteiger partial charge in [0.05, 0.1) is 49.2 Å². The van der Waals surface area contributed by atoms with Crippen molar-refractivity contribution in [2.45, 2.75) is 169 Å². The second-order valence-electron chi connectivity index (χ2n) is 21.5. The Labute approximate surface area is 468 Å². The summed E-state index contributed by atoms with van der Waals surface area (Å²) in [6, 6.07) is 23.8. The van der Waals surface area contributed by atoms with Crippen LogP contribution in [0.15, 0.2) is 88.8 Å². The van der Waals surface area contributed by atoms with E-state index >= 15 is 4.79 Å². The molecule has 0 aliphatic rings. The summed E-state index contributed by atoms with van der Waals surface area (Å²) in [5.74, 6) is 0.0176. The molecule has 0 saturated heterocycles. The van der Waals surface area contributed by atoms with Crippen molar-refractivity contribution in [3.63, 3.8) is 0 Å². The Kier molecular flexibility index (Phi) is 27.1. The Morgan fingerprint density at radius 3 is 1.99 bits per heavy atom. The number of benzene rings is 4. The Bertz CT molecular complexity index is 2720. The zero-order chi connectivity index (χ0) is 57.1.